The Morgan fingerprint density at radius 2 is 1.34 bits per heavy atom. The summed E-state index contributed by atoms with van der Waals surface area (Å²) < 4.78 is 0. The molecule has 2 saturated heterocycles. The lowest BCUT2D eigenvalue weighted by atomic mass is 9.70. The second-order valence-corrected chi connectivity index (χ2v) is 11.0. The van der Waals surface area contributed by atoms with Crippen LogP contribution in [-0.4, -0.2) is 47.9 Å². The molecule has 2 aliphatic rings. The lowest BCUT2D eigenvalue weighted by molar-refractivity contribution is -0.132. The predicted molar refractivity (Wildman–Crippen MR) is 156 cm³/mol. The molecule has 0 radical (unpaired) electrons. The number of carbonyl (C=O) groups excluding carboxylic acids is 1. The van der Waals surface area contributed by atoms with E-state index in [4.69, 9.17) is 0 Å². The number of benzene rings is 3. The summed E-state index contributed by atoms with van der Waals surface area (Å²) in [4.78, 5) is 17.7. The van der Waals surface area contributed by atoms with Crippen molar-refractivity contribution in [3.05, 3.63) is 120 Å². The van der Waals surface area contributed by atoms with Crippen LogP contribution in [-0.2, 0) is 23.2 Å². The summed E-state index contributed by atoms with van der Waals surface area (Å²) in [5.74, 6) is 0.264. The summed E-state index contributed by atoms with van der Waals surface area (Å²) >= 11 is 0. The lowest BCUT2D eigenvalue weighted by Crippen LogP contribution is -2.50. The molecule has 3 aromatic carbocycles. The Morgan fingerprint density at radius 1 is 0.789 bits per heavy atom. The van der Waals surface area contributed by atoms with Gasteiger partial charge in [0.15, 0.2) is 0 Å². The molecule has 0 bridgehead atoms. The second-order valence-electron chi connectivity index (χ2n) is 11.0. The largest absolute Gasteiger partial charge is 0.385 e. The first-order valence-electron chi connectivity index (χ1n) is 14.2. The van der Waals surface area contributed by atoms with Crippen LogP contribution < -0.4 is 5.32 Å². The summed E-state index contributed by atoms with van der Waals surface area (Å²) in [5, 5.41) is 3.88. The Kier molecular flexibility index (Phi) is 8.60. The van der Waals surface area contributed by atoms with Crippen LogP contribution in [0.25, 0.3) is 0 Å². The molecule has 4 heteroatoms. The number of allylic oxidation sites excluding steroid dienone is 1. The number of likely N-dealkylation sites (tertiary alicyclic amines) is 2. The maximum absolute atomic E-state index is 13.1. The molecule has 0 aliphatic carbocycles. The summed E-state index contributed by atoms with van der Waals surface area (Å²) in [6.45, 7) is 9.40. The van der Waals surface area contributed by atoms with Gasteiger partial charge >= 0.3 is 0 Å². The van der Waals surface area contributed by atoms with Gasteiger partial charge in [-0.25, -0.2) is 0 Å². The second kappa shape index (κ2) is 12.4. The minimum atomic E-state index is -0.140. The molecule has 5 rings (SSSR count). The van der Waals surface area contributed by atoms with Gasteiger partial charge in [-0.1, -0.05) is 97.6 Å². The number of amides is 1. The molecule has 198 valence electrons. The fourth-order valence-electron chi connectivity index (χ4n) is 6.18. The monoisotopic (exact) mass is 507 g/mol. The molecule has 2 fully saturated rings. The summed E-state index contributed by atoms with van der Waals surface area (Å²) in [7, 11) is 0. The average Bonchev–Trinajstić information content (AvgIpc) is 2.98. The summed E-state index contributed by atoms with van der Waals surface area (Å²) in [6, 6.07) is 32.3. The van der Waals surface area contributed by atoms with E-state index in [0.717, 1.165) is 70.5 Å². The molecule has 3 aromatic rings. The highest BCUT2D eigenvalue weighted by Crippen LogP contribution is 2.41. The van der Waals surface area contributed by atoms with Crippen molar-refractivity contribution >= 4 is 5.91 Å². The van der Waals surface area contributed by atoms with Gasteiger partial charge in [0.2, 0.25) is 5.91 Å². The third-order valence-electron chi connectivity index (χ3n) is 8.56. The molecule has 0 unspecified atom stereocenters. The SMILES string of the molecule is C=C(NC1CCN(Cc2ccccc2)CC1)C1(c2ccccc2)CCN(C(=O)CCc2ccccc2)CC1. The molecule has 2 aliphatic heterocycles. The highest BCUT2D eigenvalue weighted by molar-refractivity contribution is 5.76. The number of hydrogen-bond donors (Lipinski definition) is 1. The Hall–Kier alpha value is -3.37. The Labute approximate surface area is 228 Å². The van der Waals surface area contributed by atoms with Crippen LogP contribution >= 0.6 is 0 Å². The van der Waals surface area contributed by atoms with E-state index in [1.165, 1.54) is 16.7 Å². The van der Waals surface area contributed by atoms with Crippen LogP contribution in [0.5, 0.6) is 0 Å². The number of nitrogens with zero attached hydrogens (tertiary/aromatic N) is 2. The first-order chi connectivity index (χ1) is 18.6. The molecular weight excluding hydrogens is 466 g/mol. The van der Waals surface area contributed by atoms with Crippen molar-refractivity contribution < 1.29 is 4.79 Å². The fraction of sp³-hybridized carbons (Fsp3) is 0.382. The molecule has 1 amide bonds. The molecule has 38 heavy (non-hydrogen) atoms. The Balaban J connectivity index is 1.18. The molecule has 0 saturated carbocycles. The topological polar surface area (TPSA) is 35.6 Å². The normalized spacial score (nSPS) is 18.2. The van der Waals surface area contributed by atoms with Crippen LogP contribution in [0.15, 0.2) is 103 Å². The van der Waals surface area contributed by atoms with Gasteiger partial charge in [-0.15, -0.1) is 0 Å². The third-order valence-corrected chi connectivity index (χ3v) is 8.56. The lowest BCUT2D eigenvalue weighted by Gasteiger charge is -2.45. The third kappa shape index (κ3) is 6.36. The van der Waals surface area contributed by atoms with Crippen LogP contribution in [0.1, 0.15) is 48.8 Å². The van der Waals surface area contributed by atoms with Crippen LogP contribution in [0.4, 0.5) is 0 Å². The van der Waals surface area contributed by atoms with E-state index in [1.54, 1.807) is 0 Å². The minimum absolute atomic E-state index is 0.140. The standard InChI is InChI=1S/C34H41N3O/c1-28(35-32-19-23-36(24-20-32)27-30-13-7-3-8-14-30)34(31-15-9-4-10-16-31)21-25-37(26-22-34)33(38)18-17-29-11-5-2-6-12-29/h2-16,32,35H,1,17-27H2. The van der Waals surface area contributed by atoms with E-state index >= 15 is 0 Å². The van der Waals surface area contributed by atoms with Crippen molar-refractivity contribution in [1.82, 2.24) is 15.1 Å². The molecule has 1 N–H and O–H groups in total. The zero-order valence-corrected chi connectivity index (χ0v) is 22.5. The fourth-order valence-corrected chi connectivity index (χ4v) is 6.18. The maximum atomic E-state index is 13.1. The zero-order valence-electron chi connectivity index (χ0n) is 22.5. The van der Waals surface area contributed by atoms with Crippen LogP contribution in [0.2, 0.25) is 0 Å². The quantitative estimate of drug-likeness (QED) is 0.389. The van der Waals surface area contributed by atoms with E-state index in [-0.39, 0.29) is 11.3 Å². The Morgan fingerprint density at radius 3 is 1.95 bits per heavy atom. The number of carbonyl (C=O) groups is 1. The summed E-state index contributed by atoms with van der Waals surface area (Å²) in [6.07, 6.45) is 5.45. The average molecular weight is 508 g/mol. The minimum Gasteiger partial charge on any atom is -0.385 e. The maximum Gasteiger partial charge on any atom is 0.222 e. The smallest absolute Gasteiger partial charge is 0.222 e. The molecule has 0 spiro atoms. The molecule has 4 nitrogen and oxygen atoms in total. The van der Waals surface area contributed by atoms with E-state index in [1.807, 2.05) is 18.2 Å². The van der Waals surface area contributed by atoms with Gasteiger partial charge in [-0.05, 0) is 48.8 Å². The number of aryl methyl sites for hydroxylation is 1. The van der Waals surface area contributed by atoms with Crippen molar-refractivity contribution in [2.75, 3.05) is 26.2 Å². The van der Waals surface area contributed by atoms with Crippen LogP contribution in [0, 0.1) is 0 Å². The molecular formula is C34H41N3O. The van der Waals surface area contributed by atoms with Crippen molar-refractivity contribution in [2.45, 2.75) is 56.5 Å². The van der Waals surface area contributed by atoms with Gasteiger partial charge in [0.05, 0.1) is 0 Å². The first kappa shape index (κ1) is 26.2. The van der Waals surface area contributed by atoms with E-state index in [2.05, 4.69) is 94.5 Å². The summed E-state index contributed by atoms with van der Waals surface area (Å²) in [5.41, 5.74) is 4.91. The Bertz CT molecular complexity index is 1160. The number of nitrogens with one attached hydrogen (secondary N) is 1. The van der Waals surface area contributed by atoms with Gasteiger partial charge in [0, 0.05) is 56.3 Å². The number of rotatable bonds is 9. The highest BCUT2D eigenvalue weighted by atomic mass is 16.2. The molecule has 0 aromatic heterocycles. The highest BCUT2D eigenvalue weighted by Gasteiger charge is 2.40. The van der Waals surface area contributed by atoms with Gasteiger partial charge in [0.1, 0.15) is 0 Å². The van der Waals surface area contributed by atoms with Crippen molar-refractivity contribution in [3.8, 4) is 0 Å². The van der Waals surface area contributed by atoms with Crippen molar-refractivity contribution in [2.24, 2.45) is 0 Å². The van der Waals surface area contributed by atoms with Crippen LogP contribution in [0.3, 0.4) is 0 Å². The zero-order chi connectivity index (χ0) is 26.2. The van der Waals surface area contributed by atoms with Gasteiger partial charge < -0.3 is 10.2 Å². The van der Waals surface area contributed by atoms with Crippen molar-refractivity contribution in [1.29, 1.82) is 0 Å². The molecule has 2 heterocycles. The van der Waals surface area contributed by atoms with E-state index in [0.29, 0.717) is 12.5 Å². The number of hydrogen-bond acceptors (Lipinski definition) is 3. The number of piperidine rings is 2. The van der Waals surface area contributed by atoms with Gasteiger partial charge in [-0.2, -0.15) is 0 Å². The first-order valence-corrected chi connectivity index (χ1v) is 14.2. The van der Waals surface area contributed by atoms with Gasteiger partial charge in [0.25, 0.3) is 0 Å². The molecule has 0 atom stereocenters. The van der Waals surface area contributed by atoms with Crippen molar-refractivity contribution in [3.63, 3.8) is 0 Å². The van der Waals surface area contributed by atoms with E-state index < -0.39 is 0 Å². The predicted octanol–water partition coefficient (Wildman–Crippen LogP) is 5.95. The van der Waals surface area contributed by atoms with Gasteiger partial charge in [-0.3, -0.25) is 9.69 Å². The van der Waals surface area contributed by atoms with E-state index in [9.17, 15) is 4.79 Å².